The van der Waals surface area contributed by atoms with Gasteiger partial charge >= 0.3 is 5.97 Å². The first-order chi connectivity index (χ1) is 14.7. The quantitative estimate of drug-likeness (QED) is 0.583. The van der Waals surface area contributed by atoms with Gasteiger partial charge in [0.25, 0.3) is 5.91 Å². The summed E-state index contributed by atoms with van der Waals surface area (Å²) in [6.45, 7) is 4.10. The third-order valence-corrected chi connectivity index (χ3v) is 7.38. The highest BCUT2D eigenvalue weighted by molar-refractivity contribution is 7.89. The van der Waals surface area contributed by atoms with Crippen LogP contribution in [0.4, 0.5) is 5.69 Å². The van der Waals surface area contributed by atoms with Crippen LogP contribution in [0.15, 0.2) is 53.4 Å². The molecule has 0 aromatic heterocycles. The van der Waals surface area contributed by atoms with Crippen molar-refractivity contribution in [2.45, 2.75) is 37.6 Å². The van der Waals surface area contributed by atoms with E-state index in [-0.39, 0.29) is 27.4 Å². The smallest absolute Gasteiger partial charge is 0.338 e. The Bertz CT molecular complexity index is 1050. The number of sulfonamides is 1. The van der Waals surface area contributed by atoms with Gasteiger partial charge in [-0.25, -0.2) is 13.2 Å². The van der Waals surface area contributed by atoms with Crippen molar-refractivity contribution in [2.24, 2.45) is 0 Å². The van der Waals surface area contributed by atoms with Crippen LogP contribution >= 0.6 is 11.6 Å². The van der Waals surface area contributed by atoms with E-state index in [9.17, 15) is 18.0 Å². The minimum Gasteiger partial charge on any atom is -0.452 e. The Morgan fingerprint density at radius 3 is 2.35 bits per heavy atom. The molecule has 0 unspecified atom stereocenters. The average molecular weight is 465 g/mol. The lowest BCUT2D eigenvalue weighted by atomic mass is 10.2. The summed E-state index contributed by atoms with van der Waals surface area (Å²) in [5.74, 6) is -1.17. The monoisotopic (exact) mass is 464 g/mol. The number of carbonyl (C=O) groups is 2. The normalized spacial score (nSPS) is 14.6. The van der Waals surface area contributed by atoms with Crippen molar-refractivity contribution in [3.63, 3.8) is 0 Å². The van der Waals surface area contributed by atoms with E-state index in [0.29, 0.717) is 18.8 Å². The largest absolute Gasteiger partial charge is 0.452 e. The lowest BCUT2D eigenvalue weighted by Crippen LogP contribution is -2.39. The van der Waals surface area contributed by atoms with Crippen LogP contribution in [0.5, 0.6) is 0 Å². The number of benzene rings is 2. The summed E-state index contributed by atoms with van der Waals surface area (Å²) in [5, 5.41) is 0.0367. The number of nitrogens with zero attached hydrogens (tertiary/aromatic N) is 2. The van der Waals surface area contributed by atoms with Gasteiger partial charge in [-0.15, -0.1) is 0 Å². The van der Waals surface area contributed by atoms with Crippen molar-refractivity contribution in [1.29, 1.82) is 0 Å². The van der Waals surface area contributed by atoms with E-state index in [4.69, 9.17) is 16.3 Å². The summed E-state index contributed by atoms with van der Waals surface area (Å²) >= 11 is 6.12. The van der Waals surface area contributed by atoms with E-state index in [2.05, 4.69) is 0 Å². The Hall–Kier alpha value is -2.42. The zero-order valence-corrected chi connectivity index (χ0v) is 19.0. The minimum atomic E-state index is -3.80. The number of hydrogen-bond acceptors (Lipinski definition) is 5. The summed E-state index contributed by atoms with van der Waals surface area (Å²) in [6, 6.07) is 12.9. The Balaban J connectivity index is 1.74. The van der Waals surface area contributed by atoms with E-state index < -0.39 is 22.6 Å². The zero-order valence-electron chi connectivity index (χ0n) is 17.5. The van der Waals surface area contributed by atoms with Crippen LogP contribution in [0.3, 0.4) is 0 Å². The molecule has 1 saturated heterocycles. The summed E-state index contributed by atoms with van der Waals surface area (Å²) in [4.78, 5) is 26.7. The van der Waals surface area contributed by atoms with Gasteiger partial charge in [0.05, 0.1) is 10.6 Å². The van der Waals surface area contributed by atoms with Crippen LogP contribution in [-0.4, -0.2) is 50.3 Å². The fourth-order valence-electron chi connectivity index (χ4n) is 3.49. The molecule has 31 heavy (non-hydrogen) atoms. The fraction of sp³-hybridized carbons (Fsp3) is 0.364. The molecule has 7 nitrogen and oxygen atoms in total. The van der Waals surface area contributed by atoms with Crippen LogP contribution < -0.4 is 4.90 Å². The van der Waals surface area contributed by atoms with E-state index in [0.717, 1.165) is 12.8 Å². The maximum atomic E-state index is 12.8. The third kappa shape index (κ3) is 5.26. The predicted octanol–water partition coefficient (Wildman–Crippen LogP) is 3.72. The topological polar surface area (TPSA) is 84.0 Å². The van der Waals surface area contributed by atoms with Gasteiger partial charge in [0, 0.05) is 24.8 Å². The number of carbonyl (C=O) groups excluding carboxylic acids is 2. The molecule has 0 spiro atoms. The van der Waals surface area contributed by atoms with Crippen LogP contribution in [0.1, 0.15) is 37.0 Å². The van der Waals surface area contributed by atoms with Crippen molar-refractivity contribution < 1.29 is 22.7 Å². The first kappa shape index (κ1) is 23.2. The fourth-order valence-corrected chi connectivity index (χ4v) is 5.51. The summed E-state index contributed by atoms with van der Waals surface area (Å²) in [5.41, 5.74) is 0.717. The molecule has 0 bridgehead atoms. The average Bonchev–Trinajstić information content (AvgIpc) is 3.29. The molecule has 0 N–H and O–H groups in total. The number of ether oxygens (including phenoxy) is 1. The number of halogens is 1. The van der Waals surface area contributed by atoms with Crippen LogP contribution in [0.2, 0.25) is 5.02 Å². The lowest BCUT2D eigenvalue weighted by Gasteiger charge is -2.26. The Morgan fingerprint density at radius 1 is 1.10 bits per heavy atom. The van der Waals surface area contributed by atoms with Crippen molar-refractivity contribution in [2.75, 3.05) is 24.6 Å². The van der Waals surface area contributed by atoms with E-state index in [1.165, 1.54) is 22.5 Å². The van der Waals surface area contributed by atoms with Gasteiger partial charge in [0.15, 0.2) is 6.61 Å². The van der Waals surface area contributed by atoms with Crippen LogP contribution in [-0.2, 0) is 19.6 Å². The molecular formula is C22H25ClN2O5S. The first-order valence-electron chi connectivity index (χ1n) is 10.1. The molecule has 0 radical (unpaired) electrons. The second kappa shape index (κ2) is 9.80. The van der Waals surface area contributed by atoms with Crippen LogP contribution in [0.25, 0.3) is 0 Å². The van der Waals surface area contributed by atoms with Gasteiger partial charge in [-0.05, 0) is 57.0 Å². The highest BCUT2D eigenvalue weighted by atomic mass is 35.5. The highest BCUT2D eigenvalue weighted by Crippen LogP contribution is 2.28. The van der Waals surface area contributed by atoms with Gasteiger partial charge in [-0.2, -0.15) is 4.31 Å². The number of rotatable bonds is 7. The van der Waals surface area contributed by atoms with E-state index in [1.807, 2.05) is 32.0 Å². The second-order valence-electron chi connectivity index (χ2n) is 7.53. The molecule has 2 aromatic carbocycles. The molecule has 2 aromatic rings. The van der Waals surface area contributed by atoms with Crippen molar-refractivity contribution in [3.05, 3.63) is 59.1 Å². The zero-order chi connectivity index (χ0) is 22.6. The highest BCUT2D eigenvalue weighted by Gasteiger charge is 2.30. The van der Waals surface area contributed by atoms with Gasteiger partial charge < -0.3 is 9.64 Å². The van der Waals surface area contributed by atoms with Gasteiger partial charge in [0.1, 0.15) is 4.90 Å². The standard InChI is InChI=1S/C22H25ClN2O5S/c1-16(2)25(18-8-4-3-5-9-18)21(26)15-30-22(27)17-10-11-19(23)20(14-17)31(28,29)24-12-6-7-13-24/h3-5,8-11,14,16H,6-7,12-13,15H2,1-2H3. The van der Waals surface area contributed by atoms with Crippen molar-refractivity contribution in [1.82, 2.24) is 4.31 Å². The Kier molecular flexibility index (Phi) is 7.35. The molecule has 1 amide bonds. The van der Waals surface area contributed by atoms with Crippen molar-refractivity contribution >= 4 is 39.2 Å². The van der Waals surface area contributed by atoms with Crippen LogP contribution in [0, 0.1) is 0 Å². The van der Waals surface area contributed by atoms with E-state index >= 15 is 0 Å². The molecule has 3 rings (SSSR count). The maximum absolute atomic E-state index is 12.8. The Morgan fingerprint density at radius 2 is 1.74 bits per heavy atom. The van der Waals surface area contributed by atoms with Gasteiger partial charge in [-0.1, -0.05) is 29.8 Å². The Labute approximate surface area is 187 Å². The second-order valence-corrected chi connectivity index (χ2v) is 9.84. The first-order valence-corrected chi connectivity index (χ1v) is 11.9. The predicted molar refractivity (Wildman–Crippen MR) is 119 cm³/mol. The number of anilines is 1. The lowest BCUT2D eigenvalue weighted by molar-refractivity contribution is -0.122. The van der Waals surface area contributed by atoms with Crippen molar-refractivity contribution in [3.8, 4) is 0 Å². The third-order valence-electron chi connectivity index (χ3n) is 5.00. The number of amides is 1. The van der Waals surface area contributed by atoms with Gasteiger partial charge in [-0.3, -0.25) is 4.79 Å². The number of hydrogen-bond donors (Lipinski definition) is 0. The summed E-state index contributed by atoms with van der Waals surface area (Å²) in [7, 11) is -3.80. The van der Waals surface area contributed by atoms with E-state index in [1.54, 1.807) is 17.0 Å². The molecule has 9 heteroatoms. The maximum Gasteiger partial charge on any atom is 0.338 e. The molecule has 1 heterocycles. The summed E-state index contributed by atoms with van der Waals surface area (Å²) in [6.07, 6.45) is 1.57. The van der Waals surface area contributed by atoms with Gasteiger partial charge in [0.2, 0.25) is 10.0 Å². The molecule has 1 aliphatic rings. The number of esters is 1. The summed E-state index contributed by atoms with van der Waals surface area (Å²) < 4.78 is 32.2. The molecular weight excluding hydrogens is 440 g/mol. The molecule has 166 valence electrons. The molecule has 0 atom stereocenters. The molecule has 0 aliphatic carbocycles. The SMILES string of the molecule is CC(C)N(C(=O)COC(=O)c1ccc(Cl)c(S(=O)(=O)N2CCCC2)c1)c1ccccc1. The number of para-hydroxylation sites is 1. The molecule has 1 fully saturated rings. The molecule has 1 aliphatic heterocycles. The molecule has 0 saturated carbocycles. The minimum absolute atomic E-state index is 0.0192.